The minimum absolute atomic E-state index is 0.00251. The van der Waals surface area contributed by atoms with Crippen LogP contribution < -0.4 is 5.32 Å². The van der Waals surface area contributed by atoms with Crippen molar-refractivity contribution in [3.63, 3.8) is 0 Å². The second-order valence-electron chi connectivity index (χ2n) is 5.62. The molecule has 2 N–H and O–H groups in total. The highest BCUT2D eigenvalue weighted by atomic mass is 19.4. The van der Waals surface area contributed by atoms with Crippen LogP contribution in [0.15, 0.2) is 48.8 Å². The van der Waals surface area contributed by atoms with Crippen LogP contribution in [0.3, 0.4) is 0 Å². The Morgan fingerprint density at radius 3 is 2.42 bits per heavy atom. The fraction of sp³-hybridized carbons (Fsp3) is 0.389. The topological polar surface area (TPSA) is 45.1 Å². The number of benzene rings is 1. The quantitative estimate of drug-likeness (QED) is 0.804. The van der Waals surface area contributed by atoms with Gasteiger partial charge in [0.05, 0.1) is 11.6 Å². The van der Waals surface area contributed by atoms with E-state index in [0.717, 1.165) is 18.1 Å². The van der Waals surface area contributed by atoms with Gasteiger partial charge in [0.1, 0.15) is 0 Å². The van der Waals surface area contributed by atoms with Crippen LogP contribution in [0.1, 0.15) is 42.5 Å². The smallest absolute Gasteiger partial charge is 0.396 e. The minimum atomic E-state index is -4.38. The molecule has 2 rings (SSSR count). The van der Waals surface area contributed by atoms with Gasteiger partial charge in [0.15, 0.2) is 0 Å². The molecule has 0 fully saturated rings. The third-order valence-corrected chi connectivity index (χ3v) is 3.96. The zero-order chi connectivity index (χ0) is 17.6. The van der Waals surface area contributed by atoms with Crippen LogP contribution >= 0.6 is 0 Å². The molecule has 24 heavy (non-hydrogen) atoms. The molecule has 0 aliphatic carbocycles. The molecule has 0 radical (unpaired) electrons. The van der Waals surface area contributed by atoms with Gasteiger partial charge in [-0.1, -0.05) is 19.1 Å². The first-order valence-electron chi connectivity index (χ1n) is 7.89. The number of hydrogen-bond donors (Lipinski definition) is 2. The Hall–Kier alpha value is -1.92. The summed E-state index contributed by atoms with van der Waals surface area (Å²) < 4.78 is 39.1. The lowest BCUT2D eigenvalue weighted by Crippen LogP contribution is -2.34. The summed E-state index contributed by atoms with van der Waals surface area (Å²) in [5.74, 6) is 0. The summed E-state index contributed by atoms with van der Waals surface area (Å²) in [6, 6.07) is 8.50. The highest BCUT2D eigenvalue weighted by molar-refractivity contribution is 5.34. The van der Waals surface area contributed by atoms with Crippen molar-refractivity contribution in [2.24, 2.45) is 0 Å². The number of nitrogens with one attached hydrogen (secondary N) is 1. The molecule has 0 saturated heterocycles. The number of pyridine rings is 1. The van der Waals surface area contributed by atoms with Crippen LogP contribution in [0.5, 0.6) is 0 Å². The van der Waals surface area contributed by atoms with Gasteiger partial charge in [-0.25, -0.2) is 0 Å². The third kappa shape index (κ3) is 4.79. The van der Waals surface area contributed by atoms with Crippen molar-refractivity contribution < 1.29 is 18.3 Å². The number of hydrogen-bond acceptors (Lipinski definition) is 3. The van der Waals surface area contributed by atoms with Crippen LogP contribution in [0, 0.1) is 0 Å². The molecule has 0 aliphatic heterocycles. The number of nitrogens with zero attached hydrogens (tertiary/aromatic N) is 1. The van der Waals surface area contributed by atoms with E-state index in [4.69, 9.17) is 0 Å². The number of aliphatic hydroxyl groups excluding tert-OH is 1. The van der Waals surface area contributed by atoms with E-state index >= 15 is 0 Å². The van der Waals surface area contributed by atoms with E-state index in [-0.39, 0.29) is 12.6 Å². The average molecular weight is 338 g/mol. The molecule has 1 aromatic carbocycles. The maximum atomic E-state index is 13.0. The lowest BCUT2D eigenvalue weighted by Gasteiger charge is -2.26. The van der Waals surface area contributed by atoms with Crippen molar-refractivity contribution >= 4 is 0 Å². The number of halogens is 3. The number of alkyl halides is 3. The van der Waals surface area contributed by atoms with Crippen molar-refractivity contribution in [2.75, 3.05) is 6.61 Å². The number of rotatable bonds is 7. The molecule has 2 aromatic rings. The lowest BCUT2D eigenvalue weighted by atomic mass is 9.96. The highest BCUT2D eigenvalue weighted by Crippen LogP contribution is 2.32. The molecule has 0 amide bonds. The van der Waals surface area contributed by atoms with E-state index in [2.05, 4.69) is 10.3 Å². The summed E-state index contributed by atoms with van der Waals surface area (Å²) in [4.78, 5) is 3.97. The number of aliphatic hydroxyl groups is 1. The molecular weight excluding hydrogens is 317 g/mol. The Balaban J connectivity index is 2.39. The summed E-state index contributed by atoms with van der Waals surface area (Å²) in [5.41, 5.74) is 0.698. The van der Waals surface area contributed by atoms with Gasteiger partial charge in [0.2, 0.25) is 0 Å². The van der Waals surface area contributed by atoms with Crippen LogP contribution in [0.2, 0.25) is 0 Å². The minimum Gasteiger partial charge on any atom is -0.396 e. The monoisotopic (exact) mass is 338 g/mol. The molecule has 0 bridgehead atoms. The van der Waals surface area contributed by atoms with Crippen LogP contribution in [-0.4, -0.2) is 22.7 Å². The zero-order valence-corrected chi connectivity index (χ0v) is 13.4. The fourth-order valence-electron chi connectivity index (χ4n) is 2.63. The summed E-state index contributed by atoms with van der Waals surface area (Å²) in [6.45, 7) is 2.00. The predicted octanol–water partition coefficient (Wildman–Crippen LogP) is 3.94. The second kappa shape index (κ2) is 8.26. The maximum absolute atomic E-state index is 13.0. The van der Waals surface area contributed by atoms with E-state index in [1.54, 1.807) is 30.6 Å². The molecule has 1 heterocycles. The molecule has 130 valence electrons. The molecule has 1 aromatic heterocycles. The summed E-state index contributed by atoms with van der Waals surface area (Å²) in [6.07, 6.45) is 0.154. The van der Waals surface area contributed by atoms with E-state index in [1.165, 1.54) is 12.1 Å². The highest BCUT2D eigenvalue weighted by Gasteiger charge is 2.31. The van der Waals surface area contributed by atoms with Crippen molar-refractivity contribution in [1.82, 2.24) is 10.3 Å². The largest absolute Gasteiger partial charge is 0.416 e. The van der Waals surface area contributed by atoms with Gasteiger partial charge in [-0.05, 0) is 48.2 Å². The Bertz CT molecular complexity index is 632. The standard InChI is InChI=1S/C18H21F3N2O/c1-2-16(8-11-24)23-17(13-6-9-22-10-7-13)14-4-3-5-15(12-14)18(19,20)21/h3-7,9-10,12,16-17,23-24H,2,8,11H2,1H3. The van der Waals surface area contributed by atoms with Gasteiger partial charge >= 0.3 is 6.18 Å². The predicted molar refractivity (Wildman–Crippen MR) is 86.4 cm³/mol. The Morgan fingerprint density at radius 1 is 1.12 bits per heavy atom. The Kier molecular flexibility index (Phi) is 6.34. The molecule has 3 nitrogen and oxygen atoms in total. The SMILES string of the molecule is CCC(CCO)NC(c1ccncc1)c1cccc(C(F)(F)F)c1. The number of aromatic nitrogens is 1. The van der Waals surface area contributed by atoms with Gasteiger partial charge < -0.3 is 10.4 Å². The summed E-state index contributed by atoms with van der Waals surface area (Å²) in [7, 11) is 0. The van der Waals surface area contributed by atoms with Crippen molar-refractivity contribution in [2.45, 2.75) is 38.0 Å². The summed E-state index contributed by atoms with van der Waals surface area (Å²) >= 11 is 0. The van der Waals surface area contributed by atoms with Gasteiger partial charge in [-0.3, -0.25) is 4.98 Å². The van der Waals surface area contributed by atoms with E-state index in [1.807, 2.05) is 6.92 Å². The molecular formula is C18H21F3N2O. The van der Waals surface area contributed by atoms with Crippen LogP contribution in [0.4, 0.5) is 13.2 Å². The van der Waals surface area contributed by atoms with Gasteiger partial charge in [-0.15, -0.1) is 0 Å². The maximum Gasteiger partial charge on any atom is 0.416 e. The Morgan fingerprint density at radius 2 is 1.83 bits per heavy atom. The fourth-order valence-corrected chi connectivity index (χ4v) is 2.63. The second-order valence-corrected chi connectivity index (χ2v) is 5.62. The first-order chi connectivity index (χ1) is 11.5. The van der Waals surface area contributed by atoms with E-state index in [0.29, 0.717) is 12.0 Å². The normalized spacial score (nSPS) is 14.4. The third-order valence-electron chi connectivity index (χ3n) is 3.96. The molecule has 0 aliphatic rings. The summed E-state index contributed by atoms with van der Waals surface area (Å²) in [5, 5.41) is 12.5. The van der Waals surface area contributed by atoms with Crippen LogP contribution in [0.25, 0.3) is 0 Å². The van der Waals surface area contributed by atoms with Gasteiger partial charge in [0.25, 0.3) is 0 Å². The average Bonchev–Trinajstić information content (AvgIpc) is 2.58. The van der Waals surface area contributed by atoms with Gasteiger partial charge in [-0.2, -0.15) is 13.2 Å². The molecule has 0 spiro atoms. The molecule has 2 atom stereocenters. The molecule has 2 unspecified atom stereocenters. The molecule has 6 heteroatoms. The van der Waals surface area contributed by atoms with E-state index in [9.17, 15) is 18.3 Å². The first-order valence-corrected chi connectivity index (χ1v) is 7.89. The molecule has 0 saturated carbocycles. The zero-order valence-electron chi connectivity index (χ0n) is 13.4. The van der Waals surface area contributed by atoms with Crippen molar-refractivity contribution in [1.29, 1.82) is 0 Å². The van der Waals surface area contributed by atoms with Crippen molar-refractivity contribution in [3.05, 3.63) is 65.5 Å². The Labute approximate surface area is 139 Å². The van der Waals surface area contributed by atoms with Crippen molar-refractivity contribution in [3.8, 4) is 0 Å². The lowest BCUT2D eigenvalue weighted by molar-refractivity contribution is -0.137. The van der Waals surface area contributed by atoms with E-state index < -0.39 is 17.8 Å². The van der Waals surface area contributed by atoms with Crippen LogP contribution in [-0.2, 0) is 6.18 Å². The first kappa shape index (κ1) is 18.4. The van der Waals surface area contributed by atoms with Gasteiger partial charge in [0, 0.05) is 25.0 Å².